The number of rotatable bonds is 9. The molecule has 2 aromatic rings. The minimum atomic E-state index is -2.23. The molecule has 0 fully saturated rings. The van der Waals surface area contributed by atoms with E-state index in [1.54, 1.807) is 13.8 Å². The molecule has 0 bridgehead atoms. The Morgan fingerprint density at radius 1 is 1.00 bits per heavy atom. The molecule has 0 heterocycles. The highest BCUT2D eigenvalue weighted by Gasteiger charge is 2.36. The van der Waals surface area contributed by atoms with E-state index < -0.39 is 35.9 Å². The normalized spacial score (nSPS) is 14.1. The van der Waals surface area contributed by atoms with Crippen LogP contribution in [0.1, 0.15) is 25.8 Å². The molecule has 8 heteroatoms. The van der Waals surface area contributed by atoms with Crippen molar-refractivity contribution in [1.29, 1.82) is 0 Å². The van der Waals surface area contributed by atoms with Crippen molar-refractivity contribution in [1.82, 2.24) is 16.1 Å². The Morgan fingerprint density at radius 2 is 1.67 bits per heavy atom. The maximum atomic E-state index is 14.5. The van der Waals surface area contributed by atoms with Gasteiger partial charge >= 0.3 is 0 Å². The minimum Gasteiger partial charge on any atom is -0.357 e. The quantitative estimate of drug-likeness (QED) is 0.370. The summed E-state index contributed by atoms with van der Waals surface area (Å²) in [4.78, 5) is 36.7. The lowest BCUT2D eigenvalue weighted by Gasteiger charge is -2.24. The van der Waals surface area contributed by atoms with Crippen LogP contribution >= 0.6 is 0 Å². The van der Waals surface area contributed by atoms with E-state index in [1.807, 2.05) is 42.5 Å². The van der Waals surface area contributed by atoms with E-state index in [0.29, 0.717) is 0 Å². The minimum absolute atomic E-state index is 0.0792. The number of amides is 3. The lowest BCUT2D eigenvalue weighted by molar-refractivity contribution is -0.142. The van der Waals surface area contributed by atoms with E-state index >= 15 is 0 Å². The molecule has 0 unspecified atom stereocenters. The van der Waals surface area contributed by atoms with Crippen LogP contribution in [0.3, 0.4) is 0 Å². The largest absolute Gasteiger partial charge is 0.357 e. The summed E-state index contributed by atoms with van der Waals surface area (Å²) in [6.45, 7) is 3.57. The summed E-state index contributed by atoms with van der Waals surface area (Å²) in [6, 6.07) is 12.6. The van der Waals surface area contributed by atoms with Gasteiger partial charge in [0.15, 0.2) is 6.17 Å². The first kappa shape index (κ1) is 23.3. The Morgan fingerprint density at radius 3 is 2.27 bits per heavy atom. The first-order valence-electron chi connectivity index (χ1n) is 9.84. The topological polar surface area (TPSA) is 108 Å². The summed E-state index contributed by atoms with van der Waals surface area (Å²) in [5, 5.41) is 15.9. The van der Waals surface area contributed by atoms with Gasteiger partial charge in [0.25, 0.3) is 5.91 Å². The molecule has 3 amide bonds. The average Bonchev–Trinajstić information content (AvgIpc) is 2.74. The number of carbonyl (C=O) groups is 3. The highest BCUT2D eigenvalue weighted by Crippen LogP contribution is 2.20. The molecule has 30 heavy (non-hydrogen) atoms. The molecular formula is C22H28FN3O4. The molecule has 0 aliphatic rings. The van der Waals surface area contributed by atoms with Crippen molar-refractivity contribution in [2.24, 2.45) is 11.8 Å². The number of benzene rings is 2. The number of halogens is 1. The Balaban J connectivity index is 2.23. The Hall–Kier alpha value is -3.00. The number of hydroxylamine groups is 1. The zero-order valence-corrected chi connectivity index (χ0v) is 17.3. The predicted octanol–water partition coefficient (Wildman–Crippen LogP) is 2.12. The van der Waals surface area contributed by atoms with Crippen molar-refractivity contribution in [2.75, 3.05) is 7.05 Å². The molecule has 162 valence electrons. The van der Waals surface area contributed by atoms with Crippen LogP contribution in [0.5, 0.6) is 0 Å². The van der Waals surface area contributed by atoms with Gasteiger partial charge in [-0.3, -0.25) is 19.6 Å². The molecule has 2 aromatic carbocycles. The average molecular weight is 417 g/mol. The molecular weight excluding hydrogens is 389 g/mol. The van der Waals surface area contributed by atoms with Gasteiger partial charge in [-0.05, 0) is 28.7 Å². The number of likely N-dealkylation sites (N-methyl/N-ethyl adjacent to an activating group) is 1. The molecule has 7 nitrogen and oxygen atoms in total. The third-order valence-corrected chi connectivity index (χ3v) is 4.91. The molecule has 0 saturated carbocycles. The monoisotopic (exact) mass is 417 g/mol. The summed E-state index contributed by atoms with van der Waals surface area (Å²) in [5.74, 6) is -3.89. The van der Waals surface area contributed by atoms with Crippen molar-refractivity contribution >= 4 is 28.5 Å². The fourth-order valence-corrected chi connectivity index (χ4v) is 3.38. The van der Waals surface area contributed by atoms with Crippen molar-refractivity contribution in [3.63, 3.8) is 0 Å². The maximum Gasteiger partial charge on any atom is 0.278 e. The Labute approximate surface area is 175 Å². The predicted molar refractivity (Wildman–Crippen MR) is 111 cm³/mol. The third kappa shape index (κ3) is 6.00. The van der Waals surface area contributed by atoms with Gasteiger partial charge in [0.1, 0.15) is 6.04 Å². The third-order valence-electron chi connectivity index (χ3n) is 4.91. The lowest BCUT2D eigenvalue weighted by atomic mass is 9.91. The van der Waals surface area contributed by atoms with Crippen LogP contribution in [-0.4, -0.2) is 42.2 Å². The molecule has 0 spiro atoms. The van der Waals surface area contributed by atoms with Crippen molar-refractivity contribution in [2.45, 2.75) is 38.9 Å². The zero-order chi connectivity index (χ0) is 22.3. The van der Waals surface area contributed by atoms with Gasteiger partial charge in [-0.25, -0.2) is 9.87 Å². The first-order valence-corrected chi connectivity index (χ1v) is 9.84. The number of nitrogens with one attached hydrogen (secondary N) is 3. The standard InChI is InChI=1S/C22H28FN3O4/c1-13(2)10-17(19(23)22(29)26-30)20(27)25-18(21(28)24-3)12-14-8-9-15-6-4-5-7-16(15)11-14/h4-9,11,13,17-19,30H,10,12H2,1-3H3,(H,24,28)(H,25,27)(H,26,29)/t17-,18+,19-/m1/s1. The molecule has 2 rings (SSSR count). The van der Waals surface area contributed by atoms with Crippen molar-refractivity contribution in [3.05, 3.63) is 48.0 Å². The van der Waals surface area contributed by atoms with Crippen LogP contribution in [0.15, 0.2) is 42.5 Å². The second kappa shape index (κ2) is 10.7. The summed E-state index contributed by atoms with van der Waals surface area (Å²) in [6.07, 6.45) is -1.95. The van der Waals surface area contributed by atoms with Crippen LogP contribution in [-0.2, 0) is 20.8 Å². The molecule has 3 atom stereocenters. The molecule has 0 aromatic heterocycles. The SMILES string of the molecule is CNC(=O)[C@H](Cc1ccc2ccccc2c1)NC(=O)[C@H](CC(C)C)[C@@H](F)C(=O)NO. The van der Waals surface area contributed by atoms with Gasteiger partial charge in [-0.1, -0.05) is 56.3 Å². The van der Waals surface area contributed by atoms with E-state index in [0.717, 1.165) is 16.3 Å². The van der Waals surface area contributed by atoms with Gasteiger partial charge in [0.2, 0.25) is 11.8 Å². The summed E-state index contributed by atoms with van der Waals surface area (Å²) in [7, 11) is 1.45. The Bertz CT molecular complexity index is 903. The van der Waals surface area contributed by atoms with Crippen molar-refractivity contribution < 1.29 is 24.0 Å². The van der Waals surface area contributed by atoms with Crippen LogP contribution in [0.4, 0.5) is 4.39 Å². The van der Waals surface area contributed by atoms with Crippen LogP contribution < -0.4 is 16.1 Å². The summed E-state index contributed by atoms with van der Waals surface area (Å²) < 4.78 is 14.5. The smallest absolute Gasteiger partial charge is 0.278 e. The number of carbonyl (C=O) groups excluding carboxylic acids is 3. The first-order chi connectivity index (χ1) is 14.3. The molecule has 4 N–H and O–H groups in total. The van der Waals surface area contributed by atoms with Gasteiger partial charge in [0, 0.05) is 13.5 Å². The van der Waals surface area contributed by atoms with Crippen LogP contribution in [0, 0.1) is 11.8 Å². The molecule has 0 saturated heterocycles. The van der Waals surface area contributed by atoms with Crippen LogP contribution in [0.2, 0.25) is 0 Å². The summed E-state index contributed by atoms with van der Waals surface area (Å²) >= 11 is 0. The van der Waals surface area contributed by atoms with E-state index in [2.05, 4.69) is 10.6 Å². The van der Waals surface area contributed by atoms with Crippen LogP contribution in [0.25, 0.3) is 10.8 Å². The number of fused-ring (bicyclic) bond motifs is 1. The van der Waals surface area contributed by atoms with Crippen molar-refractivity contribution in [3.8, 4) is 0 Å². The fourth-order valence-electron chi connectivity index (χ4n) is 3.38. The Kier molecular flexibility index (Phi) is 8.29. The number of hydrogen-bond acceptors (Lipinski definition) is 4. The number of hydrogen-bond donors (Lipinski definition) is 4. The van der Waals surface area contributed by atoms with E-state index in [4.69, 9.17) is 5.21 Å². The second-order valence-electron chi connectivity index (χ2n) is 7.67. The maximum absolute atomic E-state index is 14.5. The lowest BCUT2D eigenvalue weighted by Crippen LogP contribution is -2.51. The van der Waals surface area contributed by atoms with Gasteiger partial charge in [-0.15, -0.1) is 0 Å². The van der Waals surface area contributed by atoms with E-state index in [9.17, 15) is 18.8 Å². The zero-order valence-electron chi connectivity index (χ0n) is 17.3. The molecule has 0 radical (unpaired) electrons. The van der Waals surface area contributed by atoms with Gasteiger partial charge in [-0.2, -0.15) is 0 Å². The highest BCUT2D eigenvalue weighted by atomic mass is 19.1. The number of alkyl halides is 1. The highest BCUT2D eigenvalue weighted by molar-refractivity contribution is 5.92. The molecule has 0 aliphatic heterocycles. The summed E-state index contributed by atoms with van der Waals surface area (Å²) in [5.41, 5.74) is 2.07. The van der Waals surface area contributed by atoms with E-state index in [1.165, 1.54) is 12.5 Å². The van der Waals surface area contributed by atoms with Gasteiger partial charge in [0.05, 0.1) is 5.92 Å². The molecule has 0 aliphatic carbocycles. The van der Waals surface area contributed by atoms with E-state index in [-0.39, 0.29) is 18.8 Å². The second-order valence-corrected chi connectivity index (χ2v) is 7.67. The fraction of sp³-hybridized carbons (Fsp3) is 0.409. The van der Waals surface area contributed by atoms with Gasteiger partial charge < -0.3 is 10.6 Å².